The average Bonchev–Trinajstić information content (AvgIpc) is 2.63. The molecule has 1 aromatic rings. The summed E-state index contributed by atoms with van der Waals surface area (Å²) in [5.41, 5.74) is 0.525. The molecule has 0 aliphatic carbocycles. The number of nitrogens with one attached hydrogen (secondary N) is 2. The Kier molecular flexibility index (Phi) is 3.68. The summed E-state index contributed by atoms with van der Waals surface area (Å²) in [5.74, 6) is 0.307. The zero-order valence-corrected chi connectivity index (χ0v) is 10.9. The molecule has 1 aliphatic heterocycles. The van der Waals surface area contributed by atoms with E-state index in [9.17, 15) is 4.79 Å². The van der Waals surface area contributed by atoms with Crippen molar-refractivity contribution in [2.24, 2.45) is 0 Å². The molecule has 0 bridgehead atoms. The van der Waals surface area contributed by atoms with Crippen molar-refractivity contribution in [3.05, 3.63) is 11.8 Å². The Labute approximate surface area is 106 Å². The molecule has 2 heterocycles. The normalized spacial score (nSPS) is 19.4. The van der Waals surface area contributed by atoms with Gasteiger partial charge in [0.15, 0.2) is 0 Å². The van der Waals surface area contributed by atoms with Crippen molar-refractivity contribution >= 4 is 11.8 Å². The highest BCUT2D eigenvalue weighted by atomic mass is 16.5. The van der Waals surface area contributed by atoms with Crippen LogP contribution in [0.3, 0.4) is 0 Å². The average molecular weight is 253 g/mol. The summed E-state index contributed by atoms with van der Waals surface area (Å²) in [7, 11) is 1.65. The van der Waals surface area contributed by atoms with Crippen LogP contribution in [-0.2, 0) is 14.9 Å². The van der Waals surface area contributed by atoms with Crippen molar-refractivity contribution in [1.82, 2.24) is 10.5 Å². The Morgan fingerprint density at radius 1 is 1.72 bits per heavy atom. The highest BCUT2D eigenvalue weighted by Gasteiger charge is 2.28. The van der Waals surface area contributed by atoms with Gasteiger partial charge in [0.1, 0.15) is 0 Å². The van der Waals surface area contributed by atoms with Crippen LogP contribution in [-0.4, -0.2) is 37.4 Å². The number of anilines is 1. The fourth-order valence-electron chi connectivity index (χ4n) is 1.81. The summed E-state index contributed by atoms with van der Waals surface area (Å²) >= 11 is 0. The second-order valence-electron chi connectivity index (χ2n) is 5.18. The molecule has 1 fully saturated rings. The fourth-order valence-corrected chi connectivity index (χ4v) is 1.81. The summed E-state index contributed by atoms with van der Waals surface area (Å²) in [4.78, 5) is 11.7. The predicted octanol–water partition coefficient (Wildman–Crippen LogP) is 0.899. The number of amides is 1. The van der Waals surface area contributed by atoms with Crippen LogP contribution in [0.5, 0.6) is 0 Å². The molecule has 1 aromatic heterocycles. The van der Waals surface area contributed by atoms with E-state index in [1.807, 2.05) is 13.8 Å². The molecule has 2 N–H and O–H groups in total. The Bertz CT molecular complexity index is 424. The summed E-state index contributed by atoms with van der Waals surface area (Å²) in [6, 6.07) is 1.64. The van der Waals surface area contributed by atoms with Crippen LogP contribution >= 0.6 is 0 Å². The van der Waals surface area contributed by atoms with Crippen LogP contribution in [0, 0.1) is 0 Å². The van der Waals surface area contributed by atoms with Gasteiger partial charge in [0, 0.05) is 18.6 Å². The third-order valence-electron chi connectivity index (χ3n) is 3.10. The van der Waals surface area contributed by atoms with Crippen molar-refractivity contribution in [1.29, 1.82) is 0 Å². The maximum atomic E-state index is 11.7. The van der Waals surface area contributed by atoms with Crippen LogP contribution in [0.25, 0.3) is 0 Å². The van der Waals surface area contributed by atoms with Crippen molar-refractivity contribution < 1.29 is 14.1 Å². The molecule has 0 aromatic carbocycles. The van der Waals surface area contributed by atoms with Crippen molar-refractivity contribution in [3.63, 3.8) is 0 Å². The van der Waals surface area contributed by atoms with Crippen LogP contribution in [0.2, 0.25) is 0 Å². The molecular weight excluding hydrogens is 234 g/mol. The first-order valence-corrected chi connectivity index (χ1v) is 6.03. The zero-order valence-electron chi connectivity index (χ0n) is 10.9. The molecule has 6 heteroatoms. The van der Waals surface area contributed by atoms with Gasteiger partial charge < -0.3 is 14.6 Å². The molecule has 1 amide bonds. The lowest BCUT2D eigenvalue weighted by atomic mass is 9.90. The second kappa shape index (κ2) is 5.07. The minimum absolute atomic E-state index is 0.0755. The monoisotopic (exact) mass is 253 g/mol. The number of carbonyl (C=O) groups excluding carboxylic acids is 1. The molecular formula is C12H19N3O3. The molecule has 100 valence electrons. The standard InChI is InChI=1S/C12H19N3O3/c1-12(2,7-17-3)9-6-10(18-15-9)14-11(16)8-4-5-13-8/h6,8,13H,4-5,7H2,1-3H3,(H,14,16)/t8-/m0/s1. The van der Waals surface area contributed by atoms with E-state index in [0.29, 0.717) is 12.5 Å². The molecule has 1 aliphatic rings. The maximum Gasteiger partial charge on any atom is 0.243 e. The lowest BCUT2D eigenvalue weighted by Gasteiger charge is -2.25. The quantitative estimate of drug-likeness (QED) is 0.815. The summed E-state index contributed by atoms with van der Waals surface area (Å²) in [5, 5.41) is 9.71. The van der Waals surface area contributed by atoms with E-state index < -0.39 is 0 Å². The van der Waals surface area contributed by atoms with Gasteiger partial charge in [-0.15, -0.1) is 0 Å². The van der Waals surface area contributed by atoms with Gasteiger partial charge in [-0.1, -0.05) is 19.0 Å². The number of ether oxygens (including phenoxy) is 1. The van der Waals surface area contributed by atoms with Crippen LogP contribution in [0.1, 0.15) is 26.0 Å². The first-order chi connectivity index (χ1) is 8.53. The minimum atomic E-state index is -0.240. The van der Waals surface area contributed by atoms with E-state index >= 15 is 0 Å². The van der Waals surface area contributed by atoms with Crippen LogP contribution < -0.4 is 10.6 Å². The summed E-state index contributed by atoms with van der Waals surface area (Å²) in [6.07, 6.45) is 0.863. The molecule has 0 radical (unpaired) electrons. The fraction of sp³-hybridized carbons (Fsp3) is 0.667. The van der Waals surface area contributed by atoms with Crippen LogP contribution in [0.4, 0.5) is 5.88 Å². The van der Waals surface area contributed by atoms with E-state index in [0.717, 1.165) is 18.7 Å². The van der Waals surface area contributed by atoms with Gasteiger partial charge in [-0.25, -0.2) is 0 Å². The Balaban J connectivity index is 1.99. The number of nitrogens with zero attached hydrogens (tertiary/aromatic N) is 1. The van der Waals surface area contributed by atoms with Gasteiger partial charge >= 0.3 is 0 Å². The Hall–Kier alpha value is -1.40. The van der Waals surface area contributed by atoms with Crippen molar-refractivity contribution in [2.45, 2.75) is 31.7 Å². The number of methoxy groups -OCH3 is 1. The molecule has 1 atom stereocenters. The zero-order chi connectivity index (χ0) is 13.2. The van der Waals surface area contributed by atoms with Crippen molar-refractivity contribution in [2.75, 3.05) is 25.6 Å². The lowest BCUT2D eigenvalue weighted by molar-refractivity contribution is -0.119. The van der Waals surface area contributed by atoms with E-state index in [1.54, 1.807) is 13.2 Å². The molecule has 0 saturated carbocycles. The Morgan fingerprint density at radius 2 is 2.44 bits per heavy atom. The number of carbonyl (C=O) groups is 1. The third-order valence-corrected chi connectivity index (χ3v) is 3.10. The smallest absolute Gasteiger partial charge is 0.243 e. The largest absolute Gasteiger partial charge is 0.384 e. The summed E-state index contributed by atoms with van der Waals surface area (Å²) < 4.78 is 10.3. The topological polar surface area (TPSA) is 76.4 Å². The molecule has 0 spiro atoms. The molecule has 6 nitrogen and oxygen atoms in total. The number of hydrogen-bond acceptors (Lipinski definition) is 5. The van der Waals surface area contributed by atoms with Gasteiger partial charge in [-0.2, -0.15) is 0 Å². The van der Waals surface area contributed by atoms with Gasteiger partial charge in [-0.3, -0.25) is 10.1 Å². The van der Waals surface area contributed by atoms with E-state index in [1.165, 1.54) is 0 Å². The number of rotatable bonds is 5. The lowest BCUT2D eigenvalue weighted by Crippen LogP contribution is -2.50. The Morgan fingerprint density at radius 3 is 3.00 bits per heavy atom. The van der Waals surface area contributed by atoms with E-state index in [4.69, 9.17) is 9.26 Å². The number of hydrogen-bond donors (Lipinski definition) is 2. The first-order valence-electron chi connectivity index (χ1n) is 6.03. The molecule has 2 rings (SSSR count). The first kappa shape index (κ1) is 13.0. The molecule has 0 unspecified atom stereocenters. The van der Waals surface area contributed by atoms with Gasteiger partial charge in [-0.05, 0) is 13.0 Å². The molecule has 1 saturated heterocycles. The SMILES string of the molecule is COCC(C)(C)c1cc(NC(=O)[C@@H]2CCN2)on1. The second-order valence-corrected chi connectivity index (χ2v) is 5.18. The highest BCUT2D eigenvalue weighted by Crippen LogP contribution is 2.25. The highest BCUT2D eigenvalue weighted by molar-refractivity contribution is 5.94. The summed E-state index contributed by atoms with van der Waals surface area (Å²) in [6.45, 7) is 5.44. The predicted molar refractivity (Wildman–Crippen MR) is 66.4 cm³/mol. The minimum Gasteiger partial charge on any atom is -0.384 e. The van der Waals surface area contributed by atoms with Gasteiger partial charge in [0.25, 0.3) is 0 Å². The number of aromatic nitrogens is 1. The van der Waals surface area contributed by atoms with Crippen LogP contribution in [0.15, 0.2) is 10.6 Å². The van der Waals surface area contributed by atoms with Gasteiger partial charge in [0.05, 0.1) is 18.3 Å². The van der Waals surface area contributed by atoms with E-state index in [-0.39, 0.29) is 17.4 Å². The van der Waals surface area contributed by atoms with E-state index in [2.05, 4.69) is 15.8 Å². The maximum absolute atomic E-state index is 11.7. The van der Waals surface area contributed by atoms with Crippen molar-refractivity contribution in [3.8, 4) is 0 Å². The van der Waals surface area contributed by atoms with Gasteiger partial charge in [0.2, 0.25) is 11.8 Å². The third kappa shape index (κ3) is 2.70. The molecule has 18 heavy (non-hydrogen) atoms.